The van der Waals surface area contributed by atoms with Gasteiger partial charge in [-0.25, -0.2) is 13.4 Å². The summed E-state index contributed by atoms with van der Waals surface area (Å²) in [6.45, 7) is 0.946. The molecule has 1 N–H and O–H groups in total. The second kappa shape index (κ2) is 6.92. The van der Waals surface area contributed by atoms with Gasteiger partial charge in [0.15, 0.2) is 5.76 Å². The first-order valence-corrected chi connectivity index (χ1v) is 9.31. The van der Waals surface area contributed by atoms with Gasteiger partial charge in [-0.15, -0.1) is 0 Å². The van der Waals surface area contributed by atoms with Crippen molar-refractivity contribution < 1.29 is 17.6 Å². The minimum absolute atomic E-state index is 0.0828. The fourth-order valence-corrected chi connectivity index (χ4v) is 4.00. The van der Waals surface area contributed by atoms with E-state index in [1.807, 2.05) is 0 Å². The van der Waals surface area contributed by atoms with Crippen molar-refractivity contribution in [3.05, 3.63) is 41.4 Å². The van der Waals surface area contributed by atoms with Gasteiger partial charge < -0.3 is 9.73 Å². The molecule has 0 bridgehead atoms. The third-order valence-corrected chi connectivity index (χ3v) is 5.70. The van der Waals surface area contributed by atoms with Gasteiger partial charge in [0.1, 0.15) is 5.15 Å². The Morgan fingerprint density at radius 1 is 1.17 bits per heavy atom. The van der Waals surface area contributed by atoms with Gasteiger partial charge in [0, 0.05) is 13.1 Å². The fraction of sp³-hybridized carbons (Fsp3) is 0.333. The third-order valence-electron chi connectivity index (χ3n) is 3.70. The van der Waals surface area contributed by atoms with Gasteiger partial charge in [-0.05, 0) is 37.1 Å². The Morgan fingerprint density at radius 2 is 1.92 bits per heavy atom. The molecular formula is C15H16ClN3O4S. The van der Waals surface area contributed by atoms with Crippen LogP contribution in [0.2, 0.25) is 5.15 Å². The number of anilines is 1. The van der Waals surface area contributed by atoms with Gasteiger partial charge in [-0.1, -0.05) is 18.0 Å². The fourth-order valence-electron chi connectivity index (χ4n) is 2.46. The summed E-state index contributed by atoms with van der Waals surface area (Å²) >= 11 is 5.68. The quantitative estimate of drug-likeness (QED) is 0.836. The van der Waals surface area contributed by atoms with E-state index in [9.17, 15) is 13.2 Å². The lowest BCUT2D eigenvalue weighted by atomic mass is 10.2. The smallest absolute Gasteiger partial charge is 0.291 e. The summed E-state index contributed by atoms with van der Waals surface area (Å²) in [6.07, 6.45) is 4.08. The van der Waals surface area contributed by atoms with Crippen LogP contribution in [0.25, 0.3) is 0 Å². The van der Waals surface area contributed by atoms with E-state index in [0.29, 0.717) is 23.9 Å². The zero-order valence-corrected chi connectivity index (χ0v) is 14.3. The highest BCUT2D eigenvalue weighted by Gasteiger charge is 2.29. The highest BCUT2D eigenvalue weighted by molar-refractivity contribution is 7.89. The Hall–Kier alpha value is -1.90. The Labute approximate surface area is 144 Å². The lowest BCUT2D eigenvalue weighted by Gasteiger charge is -2.24. The van der Waals surface area contributed by atoms with Crippen molar-refractivity contribution in [2.75, 3.05) is 18.4 Å². The van der Waals surface area contributed by atoms with Gasteiger partial charge >= 0.3 is 0 Å². The first-order chi connectivity index (χ1) is 11.5. The molecule has 0 spiro atoms. The largest absolute Gasteiger partial charge is 0.438 e. The molecule has 0 aliphatic carbocycles. The van der Waals surface area contributed by atoms with E-state index in [-0.39, 0.29) is 10.9 Å². The van der Waals surface area contributed by atoms with Crippen LogP contribution in [-0.4, -0.2) is 36.7 Å². The lowest BCUT2D eigenvalue weighted by Crippen LogP contribution is -2.35. The molecule has 1 aliphatic heterocycles. The van der Waals surface area contributed by atoms with Crippen molar-refractivity contribution in [3.63, 3.8) is 0 Å². The van der Waals surface area contributed by atoms with Crippen LogP contribution in [0.4, 0.5) is 5.69 Å². The van der Waals surface area contributed by atoms with Crippen LogP contribution in [0.3, 0.4) is 0 Å². The second-order valence-corrected chi connectivity index (χ2v) is 7.66. The summed E-state index contributed by atoms with van der Waals surface area (Å²) in [5, 5.41) is 2.66. The predicted molar refractivity (Wildman–Crippen MR) is 88.5 cm³/mol. The standard InChI is InChI=1S/C15H16ClN3O4S/c16-13-6-4-11(10-17-13)18-15(20)12-5-7-14(23-12)24(21,22)19-8-2-1-3-9-19/h4-7,10H,1-3,8-9H2,(H,18,20). The van der Waals surface area contributed by atoms with Gasteiger partial charge in [0.2, 0.25) is 5.09 Å². The van der Waals surface area contributed by atoms with E-state index in [0.717, 1.165) is 19.3 Å². The van der Waals surface area contributed by atoms with Crippen LogP contribution >= 0.6 is 11.6 Å². The molecule has 3 rings (SSSR count). The molecule has 1 amide bonds. The number of carbonyl (C=O) groups is 1. The molecule has 0 aromatic carbocycles. The molecular weight excluding hydrogens is 354 g/mol. The lowest BCUT2D eigenvalue weighted by molar-refractivity contribution is 0.0991. The normalized spacial score (nSPS) is 16.0. The number of hydrogen-bond donors (Lipinski definition) is 1. The number of furan rings is 1. The van der Waals surface area contributed by atoms with Crippen molar-refractivity contribution in [2.24, 2.45) is 0 Å². The Bertz CT molecular complexity index is 827. The van der Waals surface area contributed by atoms with E-state index < -0.39 is 15.9 Å². The molecule has 1 aliphatic rings. The number of piperidine rings is 1. The molecule has 9 heteroatoms. The van der Waals surface area contributed by atoms with Crippen LogP contribution in [0, 0.1) is 0 Å². The monoisotopic (exact) mass is 369 g/mol. The average molecular weight is 370 g/mol. The van der Waals surface area contributed by atoms with Crippen LogP contribution in [0.15, 0.2) is 40.0 Å². The second-order valence-electron chi connectivity index (χ2n) is 5.41. The summed E-state index contributed by atoms with van der Waals surface area (Å²) in [7, 11) is -3.70. The molecule has 1 fully saturated rings. The number of pyridine rings is 1. The van der Waals surface area contributed by atoms with Crippen molar-refractivity contribution >= 4 is 33.2 Å². The minimum atomic E-state index is -3.70. The maximum Gasteiger partial charge on any atom is 0.291 e. The maximum atomic E-state index is 12.5. The van der Waals surface area contributed by atoms with Crippen molar-refractivity contribution in [1.82, 2.24) is 9.29 Å². The number of aromatic nitrogens is 1. The molecule has 1 saturated heterocycles. The van der Waals surface area contributed by atoms with E-state index in [1.165, 1.54) is 28.7 Å². The molecule has 0 radical (unpaired) electrons. The number of hydrogen-bond acceptors (Lipinski definition) is 5. The Kier molecular flexibility index (Phi) is 4.88. The molecule has 24 heavy (non-hydrogen) atoms. The van der Waals surface area contributed by atoms with Gasteiger partial charge in [-0.2, -0.15) is 4.31 Å². The number of amides is 1. The molecule has 0 atom stereocenters. The Balaban J connectivity index is 1.74. The predicted octanol–water partition coefficient (Wildman–Crippen LogP) is 2.75. The zero-order chi connectivity index (χ0) is 17.2. The number of halogens is 1. The molecule has 2 aromatic rings. The topological polar surface area (TPSA) is 92.5 Å². The average Bonchev–Trinajstić information content (AvgIpc) is 3.09. The molecule has 0 unspecified atom stereocenters. The van der Waals surface area contributed by atoms with Crippen LogP contribution in [0.1, 0.15) is 29.8 Å². The molecule has 3 heterocycles. The molecule has 7 nitrogen and oxygen atoms in total. The van der Waals surface area contributed by atoms with E-state index in [2.05, 4.69) is 10.3 Å². The summed E-state index contributed by atoms with van der Waals surface area (Å²) in [4.78, 5) is 16.0. The maximum absolute atomic E-state index is 12.5. The highest BCUT2D eigenvalue weighted by atomic mass is 35.5. The first kappa shape index (κ1) is 16.9. The molecule has 0 saturated carbocycles. The van der Waals surface area contributed by atoms with Crippen LogP contribution in [0.5, 0.6) is 0 Å². The van der Waals surface area contributed by atoms with Crippen LogP contribution < -0.4 is 5.32 Å². The van der Waals surface area contributed by atoms with Gasteiger partial charge in [0.25, 0.3) is 15.9 Å². The van der Waals surface area contributed by atoms with E-state index >= 15 is 0 Å². The minimum Gasteiger partial charge on any atom is -0.438 e. The summed E-state index contributed by atoms with van der Waals surface area (Å²) in [6, 6.07) is 5.77. The zero-order valence-electron chi connectivity index (χ0n) is 12.7. The van der Waals surface area contributed by atoms with Crippen molar-refractivity contribution in [1.29, 1.82) is 0 Å². The van der Waals surface area contributed by atoms with Crippen molar-refractivity contribution in [3.8, 4) is 0 Å². The SMILES string of the molecule is O=C(Nc1ccc(Cl)nc1)c1ccc(S(=O)(=O)N2CCCCC2)o1. The first-order valence-electron chi connectivity index (χ1n) is 7.50. The molecule has 128 valence electrons. The van der Waals surface area contributed by atoms with Crippen molar-refractivity contribution in [2.45, 2.75) is 24.4 Å². The number of carbonyl (C=O) groups excluding carboxylic acids is 1. The summed E-state index contributed by atoms with van der Waals surface area (Å²) in [5.41, 5.74) is 0.432. The van der Waals surface area contributed by atoms with Crippen LogP contribution in [-0.2, 0) is 10.0 Å². The van der Waals surface area contributed by atoms with E-state index in [4.69, 9.17) is 16.0 Å². The Morgan fingerprint density at radius 3 is 2.58 bits per heavy atom. The number of rotatable bonds is 4. The van der Waals surface area contributed by atoms with E-state index in [1.54, 1.807) is 6.07 Å². The summed E-state index contributed by atoms with van der Waals surface area (Å²) in [5.74, 6) is -0.639. The summed E-state index contributed by atoms with van der Waals surface area (Å²) < 4.78 is 31.6. The number of sulfonamides is 1. The highest BCUT2D eigenvalue weighted by Crippen LogP contribution is 2.23. The number of nitrogens with one attached hydrogen (secondary N) is 1. The van der Waals surface area contributed by atoms with Gasteiger partial charge in [0.05, 0.1) is 11.9 Å². The third kappa shape index (κ3) is 3.61. The number of nitrogens with zero attached hydrogens (tertiary/aromatic N) is 2. The molecule has 2 aromatic heterocycles. The van der Waals surface area contributed by atoms with Gasteiger partial charge in [-0.3, -0.25) is 4.79 Å².